The molecule has 0 radical (unpaired) electrons. The maximum atomic E-state index is 10.6. The lowest BCUT2D eigenvalue weighted by Gasteiger charge is -2.06. The number of aromatic nitrogens is 1. The summed E-state index contributed by atoms with van der Waals surface area (Å²) in [5, 5.41) is 18.8. The molecule has 0 aliphatic rings. The summed E-state index contributed by atoms with van der Waals surface area (Å²) in [6.07, 6.45) is 1.38. The Morgan fingerprint density at radius 1 is 1.71 bits per heavy atom. The molecule has 14 heavy (non-hydrogen) atoms. The summed E-state index contributed by atoms with van der Waals surface area (Å²) < 4.78 is 0. The summed E-state index contributed by atoms with van der Waals surface area (Å²) >= 11 is 5.59. The van der Waals surface area contributed by atoms with Gasteiger partial charge in [0.25, 0.3) is 0 Å². The van der Waals surface area contributed by atoms with Gasteiger partial charge in [-0.05, 0) is 6.07 Å². The quantitative estimate of drug-likeness (QED) is 0.521. The molecule has 0 spiro atoms. The molecule has 0 amide bonds. The lowest BCUT2D eigenvalue weighted by Crippen LogP contribution is -2.15. The highest BCUT2D eigenvalue weighted by atomic mass is 35.5. The van der Waals surface area contributed by atoms with Crippen LogP contribution in [0.15, 0.2) is 12.3 Å². The van der Waals surface area contributed by atoms with Crippen LogP contribution < -0.4 is 5.32 Å². The van der Waals surface area contributed by atoms with Crippen LogP contribution in [0.4, 0.5) is 5.69 Å². The lowest BCUT2D eigenvalue weighted by atomic mass is 10.1. The van der Waals surface area contributed by atoms with Crippen LogP contribution in [0.1, 0.15) is 5.56 Å². The summed E-state index contributed by atoms with van der Waals surface area (Å²) in [5.74, 6) is -1.30. The molecule has 1 aromatic heterocycles. The summed E-state index contributed by atoms with van der Waals surface area (Å²) in [6, 6.07) is 1.34. The van der Waals surface area contributed by atoms with Gasteiger partial charge in [0.15, 0.2) is 0 Å². The van der Waals surface area contributed by atoms with E-state index < -0.39 is 11.7 Å². The third-order valence-corrected chi connectivity index (χ3v) is 1.83. The fraction of sp³-hybridized carbons (Fsp3) is 0.125. The predicted octanol–water partition coefficient (Wildman–Crippen LogP) is 1.23. The van der Waals surface area contributed by atoms with Gasteiger partial charge in [0.05, 0.1) is 11.9 Å². The standard InChI is InChI=1S/C8H8ClN3O2/c1-11-5-3-12-6(9)2-4(5)7(10)8(13)14/h2-3,10-11H,1H3,(H,13,14). The van der Waals surface area contributed by atoms with Crippen molar-refractivity contribution in [2.75, 3.05) is 12.4 Å². The first-order valence-corrected chi connectivity index (χ1v) is 4.09. The molecule has 5 nitrogen and oxygen atoms in total. The molecule has 0 bridgehead atoms. The minimum absolute atomic E-state index is 0.157. The predicted molar refractivity (Wildman–Crippen MR) is 53.3 cm³/mol. The Balaban J connectivity index is 3.23. The number of hydrogen-bond donors (Lipinski definition) is 3. The topological polar surface area (TPSA) is 86.1 Å². The fourth-order valence-corrected chi connectivity index (χ4v) is 1.11. The van der Waals surface area contributed by atoms with Gasteiger partial charge < -0.3 is 10.4 Å². The Hall–Kier alpha value is -1.62. The van der Waals surface area contributed by atoms with Crippen molar-refractivity contribution in [1.82, 2.24) is 4.98 Å². The van der Waals surface area contributed by atoms with Crippen LogP contribution in [0, 0.1) is 5.41 Å². The van der Waals surface area contributed by atoms with Crippen molar-refractivity contribution < 1.29 is 9.90 Å². The summed E-state index contributed by atoms with van der Waals surface area (Å²) in [4.78, 5) is 14.3. The zero-order valence-electron chi connectivity index (χ0n) is 7.34. The highest BCUT2D eigenvalue weighted by molar-refractivity contribution is 6.43. The molecule has 1 heterocycles. The van der Waals surface area contributed by atoms with E-state index in [9.17, 15) is 4.79 Å². The molecule has 0 aromatic carbocycles. The first-order valence-electron chi connectivity index (χ1n) is 3.71. The van der Waals surface area contributed by atoms with Crippen LogP contribution in [-0.2, 0) is 4.79 Å². The number of rotatable bonds is 3. The third kappa shape index (κ3) is 2.00. The smallest absolute Gasteiger partial charge is 0.354 e. The molecule has 0 fully saturated rings. The molecular formula is C8H8ClN3O2. The van der Waals surface area contributed by atoms with Crippen LogP contribution in [-0.4, -0.2) is 28.8 Å². The Kier molecular flexibility index (Phi) is 3.03. The van der Waals surface area contributed by atoms with Crippen molar-refractivity contribution in [2.24, 2.45) is 0 Å². The van der Waals surface area contributed by atoms with Crippen LogP contribution in [0.5, 0.6) is 0 Å². The van der Waals surface area contributed by atoms with E-state index in [1.165, 1.54) is 12.3 Å². The van der Waals surface area contributed by atoms with E-state index in [2.05, 4.69) is 10.3 Å². The van der Waals surface area contributed by atoms with Crippen molar-refractivity contribution in [3.63, 3.8) is 0 Å². The molecular weight excluding hydrogens is 206 g/mol. The highest BCUT2D eigenvalue weighted by Gasteiger charge is 2.14. The van der Waals surface area contributed by atoms with Crippen LogP contribution in [0.25, 0.3) is 0 Å². The van der Waals surface area contributed by atoms with Gasteiger partial charge in [0, 0.05) is 12.6 Å². The second-order valence-electron chi connectivity index (χ2n) is 2.48. The van der Waals surface area contributed by atoms with E-state index in [-0.39, 0.29) is 10.7 Å². The normalized spacial score (nSPS) is 9.57. The molecule has 0 saturated carbocycles. The Morgan fingerprint density at radius 3 is 2.86 bits per heavy atom. The van der Waals surface area contributed by atoms with Crippen molar-refractivity contribution in [2.45, 2.75) is 0 Å². The molecule has 6 heteroatoms. The number of aliphatic carboxylic acids is 1. The van der Waals surface area contributed by atoms with E-state index in [1.807, 2.05) is 0 Å². The minimum Gasteiger partial charge on any atom is -0.477 e. The summed E-state index contributed by atoms with van der Waals surface area (Å²) in [6.45, 7) is 0. The SMILES string of the molecule is CNc1cnc(Cl)cc1C(=N)C(=O)O. The van der Waals surface area contributed by atoms with Crippen LogP contribution in [0.3, 0.4) is 0 Å². The van der Waals surface area contributed by atoms with Gasteiger partial charge in [-0.1, -0.05) is 11.6 Å². The Labute approximate surface area is 85.2 Å². The zero-order valence-corrected chi connectivity index (χ0v) is 8.09. The van der Waals surface area contributed by atoms with Crippen LogP contribution in [0.2, 0.25) is 5.15 Å². The number of nitrogens with one attached hydrogen (secondary N) is 2. The number of anilines is 1. The molecule has 0 aliphatic heterocycles. The molecule has 0 atom stereocenters. The zero-order chi connectivity index (χ0) is 10.7. The van der Waals surface area contributed by atoms with E-state index in [0.717, 1.165) is 0 Å². The molecule has 3 N–H and O–H groups in total. The fourth-order valence-electron chi connectivity index (χ4n) is 0.951. The van der Waals surface area contributed by atoms with E-state index in [4.69, 9.17) is 22.1 Å². The van der Waals surface area contributed by atoms with E-state index in [1.54, 1.807) is 7.05 Å². The number of halogens is 1. The van der Waals surface area contributed by atoms with Crippen LogP contribution >= 0.6 is 11.6 Å². The first-order chi connectivity index (χ1) is 6.56. The van der Waals surface area contributed by atoms with E-state index >= 15 is 0 Å². The largest absolute Gasteiger partial charge is 0.477 e. The number of nitrogens with zero attached hydrogens (tertiary/aromatic N) is 1. The molecule has 1 aromatic rings. The maximum absolute atomic E-state index is 10.6. The van der Waals surface area contributed by atoms with Crippen molar-refractivity contribution >= 4 is 29.0 Å². The number of carboxylic acid groups (broad SMARTS) is 1. The van der Waals surface area contributed by atoms with Gasteiger partial charge in [-0.2, -0.15) is 0 Å². The van der Waals surface area contributed by atoms with Gasteiger partial charge in [0.2, 0.25) is 0 Å². The first kappa shape index (κ1) is 10.5. The third-order valence-electron chi connectivity index (χ3n) is 1.62. The lowest BCUT2D eigenvalue weighted by molar-refractivity contribution is -0.129. The second-order valence-corrected chi connectivity index (χ2v) is 2.87. The van der Waals surface area contributed by atoms with E-state index in [0.29, 0.717) is 5.69 Å². The number of pyridine rings is 1. The van der Waals surface area contributed by atoms with Crippen molar-refractivity contribution in [3.8, 4) is 0 Å². The maximum Gasteiger partial charge on any atom is 0.354 e. The van der Waals surface area contributed by atoms with Gasteiger partial charge >= 0.3 is 5.97 Å². The minimum atomic E-state index is -1.30. The highest BCUT2D eigenvalue weighted by Crippen LogP contribution is 2.18. The number of carbonyl (C=O) groups is 1. The summed E-state index contributed by atoms with van der Waals surface area (Å²) in [7, 11) is 1.61. The van der Waals surface area contributed by atoms with Crippen molar-refractivity contribution in [1.29, 1.82) is 5.41 Å². The molecule has 0 aliphatic carbocycles. The second kappa shape index (κ2) is 4.06. The number of hydrogen-bond acceptors (Lipinski definition) is 4. The molecule has 0 saturated heterocycles. The monoisotopic (exact) mass is 213 g/mol. The summed E-state index contributed by atoms with van der Waals surface area (Å²) in [5.41, 5.74) is 0.167. The van der Waals surface area contributed by atoms with Gasteiger partial charge in [-0.25, -0.2) is 9.78 Å². The van der Waals surface area contributed by atoms with Gasteiger partial charge in [0.1, 0.15) is 10.9 Å². The average Bonchev–Trinajstić information content (AvgIpc) is 2.16. The average molecular weight is 214 g/mol. The molecule has 0 unspecified atom stereocenters. The molecule has 74 valence electrons. The van der Waals surface area contributed by atoms with Crippen molar-refractivity contribution in [3.05, 3.63) is 23.0 Å². The van der Waals surface area contributed by atoms with Gasteiger partial charge in [-0.15, -0.1) is 0 Å². The number of carboxylic acids is 1. The van der Waals surface area contributed by atoms with Gasteiger partial charge in [-0.3, -0.25) is 5.41 Å². The Morgan fingerprint density at radius 2 is 2.36 bits per heavy atom. The Bertz CT molecular complexity index is 392. The molecule has 1 rings (SSSR count).